The van der Waals surface area contributed by atoms with Crippen LogP contribution in [0.15, 0.2) is 107 Å². The molecule has 0 amide bonds. The minimum atomic E-state index is 0.516. The van der Waals surface area contributed by atoms with Gasteiger partial charge in [0, 0.05) is 40.7 Å². The normalized spacial score (nSPS) is 10.8. The second-order valence-corrected chi connectivity index (χ2v) is 8.69. The molecule has 2 aromatic carbocycles. The van der Waals surface area contributed by atoms with Gasteiger partial charge in [-0.25, -0.2) is 9.97 Å². The minimum absolute atomic E-state index is 0.516. The molecule has 0 atom stereocenters. The first kappa shape index (κ1) is 22.7. The smallest absolute Gasteiger partial charge is 0.212 e. The molecule has 0 aliphatic heterocycles. The van der Waals surface area contributed by atoms with Crippen LogP contribution >= 0.6 is 11.8 Å². The lowest BCUT2D eigenvalue weighted by atomic mass is 10.1. The van der Waals surface area contributed by atoms with Crippen molar-refractivity contribution in [2.24, 2.45) is 0 Å². The number of aromatic nitrogens is 3. The monoisotopic (exact) mass is 481 g/mol. The average molecular weight is 482 g/mol. The maximum atomic E-state index is 6.26. The van der Waals surface area contributed by atoms with Crippen molar-refractivity contribution < 1.29 is 13.9 Å². The van der Waals surface area contributed by atoms with E-state index < -0.39 is 0 Å². The molecule has 0 unspecified atom stereocenters. The molecule has 0 bridgehead atoms. The van der Waals surface area contributed by atoms with Gasteiger partial charge in [0.25, 0.3) is 0 Å². The maximum Gasteiger partial charge on any atom is 0.212 e. The summed E-state index contributed by atoms with van der Waals surface area (Å²) in [5.74, 6) is 3.26. The number of thioether (sulfide) groups is 1. The molecule has 5 aromatic rings. The highest BCUT2D eigenvalue weighted by atomic mass is 32.2. The van der Waals surface area contributed by atoms with E-state index in [1.807, 2.05) is 78.9 Å². The van der Waals surface area contributed by atoms with Crippen LogP contribution in [0.5, 0.6) is 11.6 Å². The Morgan fingerprint density at radius 3 is 2.34 bits per heavy atom. The van der Waals surface area contributed by atoms with Crippen molar-refractivity contribution >= 4 is 11.8 Å². The van der Waals surface area contributed by atoms with E-state index in [-0.39, 0.29) is 0 Å². The zero-order chi connectivity index (χ0) is 23.9. The first-order chi connectivity index (χ1) is 17.3. The molecule has 0 saturated carbocycles. The van der Waals surface area contributed by atoms with Gasteiger partial charge in [-0.05, 0) is 48.0 Å². The fourth-order valence-electron chi connectivity index (χ4n) is 3.48. The fourth-order valence-corrected chi connectivity index (χ4v) is 4.21. The largest absolute Gasteiger partial charge is 0.489 e. The Hall–Kier alpha value is -4.10. The molecule has 3 aromatic heterocycles. The molecule has 7 heteroatoms. The van der Waals surface area contributed by atoms with Gasteiger partial charge in [0.2, 0.25) is 11.8 Å². The van der Waals surface area contributed by atoms with E-state index in [0.29, 0.717) is 29.9 Å². The molecule has 0 saturated heterocycles. The van der Waals surface area contributed by atoms with Crippen LogP contribution in [-0.2, 0) is 12.4 Å². The van der Waals surface area contributed by atoms with Gasteiger partial charge in [0.15, 0.2) is 5.76 Å². The van der Waals surface area contributed by atoms with E-state index in [4.69, 9.17) is 18.9 Å². The number of benzene rings is 2. The van der Waals surface area contributed by atoms with Crippen LogP contribution in [0.25, 0.3) is 22.6 Å². The van der Waals surface area contributed by atoms with E-state index in [1.165, 1.54) is 0 Å². The van der Waals surface area contributed by atoms with Crippen molar-refractivity contribution in [1.82, 2.24) is 15.0 Å². The van der Waals surface area contributed by atoms with Gasteiger partial charge >= 0.3 is 0 Å². The highest BCUT2D eigenvalue weighted by Gasteiger charge is 2.18. The number of hydrogen-bond donors (Lipinski definition) is 0. The summed E-state index contributed by atoms with van der Waals surface area (Å²) in [5, 5.41) is 0. The van der Waals surface area contributed by atoms with Gasteiger partial charge < -0.3 is 13.9 Å². The molecule has 174 valence electrons. The van der Waals surface area contributed by atoms with E-state index in [1.54, 1.807) is 37.5 Å². The quantitative estimate of drug-likeness (QED) is 0.218. The predicted octanol–water partition coefficient (Wildman–Crippen LogP) is 6.68. The number of nitrogens with zero attached hydrogens (tertiary/aromatic N) is 3. The van der Waals surface area contributed by atoms with Gasteiger partial charge in [0.05, 0.1) is 12.9 Å². The van der Waals surface area contributed by atoms with E-state index in [0.717, 1.165) is 33.0 Å². The Morgan fingerprint density at radius 2 is 1.63 bits per heavy atom. The van der Waals surface area contributed by atoms with Gasteiger partial charge in [-0.3, -0.25) is 4.98 Å². The van der Waals surface area contributed by atoms with Gasteiger partial charge in [-0.15, -0.1) is 11.8 Å². The summed E-state index contributed by atoms with van der Waals surface area (Å²) < 4.78 is 17.4. The zero-order valence-corrected chi connectivity index (χ0v) is 19.9. The van der Waals surface area contributed by atoms with Crippen LogP contribution in [0.3, 0.4) is 0 Å². The highest BCUT2D eigenvalue weighted by Crippen LogP contribution is 2.35. The van der Waals surface area contributed by atoms with Crippen LogP contribution in [-0.4, -0.2) is 22.1 Å². The third-order valence-electron chi connectivity index (χ3n) is 5.27. The molecule has 0 N–H and O–H groups in total. The second-order valence-electron chi connectivity index (χ2n) is 7.64. The Bertz CT molecular complexity index is 1360. The number of ether oxygens (including phenoxy) is 2. The molecular weight excluding hydrogens is 458 g/mol. The summed E-state index contributed by atoms with van der Waals surface area (Å²) in [6.07, 6.45) is 5.30. The standard InChI is InChI=1S/C28H23N3O3S/c1-32-25-12-9-22(17-30-25)27-28(34-26(31-27)19-35-24-13-15-29-16-14-24)21-7-10-23(11-8-21)33-18-20-5-3-2-4-6-20/h2-17H,18-19H2,1H3. The van der Waals surface area contributed by atoms with Gasteiger partial charge in [-0.1, -0.05) is 30.3 Å². The van der Waals surface area contributed by atoms with Crippen molar-refractivity contribution in [1.29, 1.82) is 0 Å². The second kappa shape index (κ2) is 10.9. The highest BCUT2D eigenvalue weighted by molar-refractivity contribution is 7.98. The molecule has 0 radical (unpaired) electrons. The SMILES string of the molecule is COc1ccc(-c2nc(CSc3ccncc3)oc2-c2ccc(OCc3ccccc3)cc2)cn1. The van der Waals surface area contributed by atoms with E-state index in [2.05, 4.69) is 9.97 Å². The topological polar surface area (TPSA) is 70.3 Å². The Kier molecular flexibility index (Phi) is 7.05. The molecule has 0 spiro atoms. The average Bonchev–Trinajstić information content (AvgIpc) is 3.36. The number of pyridine rings is 2. The van der Waals surface area contributed by atoms with Crippen molar-refractivity contribution in [3.05, 3.63) is 109 Å². The zero-order valence-electron chi connectivity index (χ0n) is 19.1. The van der Waals surface area contributed by atoms with Crippen molar-refractivity contribution in [2.75, 3.05) is 7.11 Å². The van der Waals surface area contributed by atoms with Crippen molar-refractivity contribution in [2.45, 2.75) is 17.3 Å². The molecule has 5 rings (SSSR count). The van der Waals surface area contributed by atoms with Crippen molar-refractivity contribution in [3.63, 3.8) is 0 Å². The van der Waals surface area contributed by atoms with Crippen LogP contribution < -0.4 is 9.47 Å². The van der Waals surface area contributed by atoms with Gasteiger partial charge in [-0.2, -0.15) is 0 Å². The third-order valence-corrected chi connectivity index (χ3v) is 6.26. The van der Waals surface area contributed by atoms with Crippen molar-refractivity contribution in [3.8, 4) is 34.2 Å². The third kappa shape index (κ3) is 5.70. The summed E-state index contributed by atoms with van der Waals surface area (Å²) in [6.45, 7) is 0.516. The Morgan fingerprint density at radius 1 is 0.857 bits per heavy atom. The number of hydrogen-bond acceptors (Lipinski definition) is 7. The maximum absolute atomic E-state index is 6.26. The Labute approximate surface area is 208 Å². The van der Waals surface area contributed by atoms with E-state index in [9.17, 15) is 0 Å². The number of methoxy groups -OCH3 is 1. The summed E-state index contributed by atoms with van der Waals surface area (Å²) in [6, 6.07) is 25.7. The van der Waals surface area contributed by atoms with Crippen LogP contribution in [0, 0.1) is 0 Å². The first-order valence-electron chi connectivity index (χ1n) is 11.1. The molecule has 0 aliphatic carbocycles. The minimum Gasteiger partial charge on any atom is -0.489 e. The predicted molar refractivity (Wildman–Crippen MR) is 136 cm³/mol. The van der Waals surface area contributed by atoms with Crippen LogP contribution in [0.4, 0.5) is 0 Å². The molecule has 35 heavy (non-hydrogen) atoms. The summed E-state index contributed by atoms with van der Waals surface area (Å²) >= 11 is 1.65. The summed E-state index contributed by atoms with van der Waals surface area (Å²) in [7, 11) is 1.60. The lowest BCUT2D eigenvalue weighted by Crippen LogP contribution is -1.94. The molecule has 3 heterocycles. The first-order valence-corrected chi connectivity index (χ1v) is 12.1. The fraction of sp³-hybridized carbons (Fsp3) is 0.107. The number of rotatable bonds is 9. The summed E-state index contributed by atoms with van der Waals surface area (Å²) in [4.78, 5) is 14.3. The Balaban J connectivity index is 1.39. The lowest BCUT2D eigenvalue weighted by molar-refractivity contribution is 0.306. The summed E-state index contributed by atoms with van der Waals surface area (Å²) in [5.41, 5.74) is 3.63. The molecule has 0 fully saturated rings. The molecule has 0 aliphatic rings. The molecule has 6 nitrogen and oxygen atoms in total. The van der Waals surface area contributed by atoms with Crippen LogP contribution in [0.1, 0.15) is 11.5 Å². The van der Waals surface area contributed by atoms with Crippen LogP contribution in [0.2, 0.25) is 0 Å². The molecular formula is C28H23N3O3S. The van der Waals surface area contributed by atoms with Gasteiger partial charge in [0.1, 0.15) is 18.1 Å². The van der Waals surface area contributed by atoms with E-state index >= 15 is 0 Å². The lowest BCUT2D eigenvalue weighted by Gasteiger charge is -2.07. The number of oxazole rings is 1.